The first-order chi connectivity index (χ1) is 17.0. The Kier molecular flexibility index (Phi) is 13.2. The highest BCUT2D eigenvalue weighted by Gasteiger charge is 2.34. The molecule has 1 aromatic rings. The van der Waals surface area contributed by atoms with Gasteiger partial charge in [-0.1, -0.05) is 91.1 Å². The van der Waals surface area contributed by atoms with E-state index in [2.05, 4.69) is 16.0 Å². The quantitative estimate of drug-likeness (QED) is 0.247. The van der Waals surface area contributed by atoms with E-state index in [1.54, 1.807) is 6.92 Å². The van der Waals surface area contributed by atoms with E-state index in [1.807, 2.05) is 65.0 Å². The number of carboxylic acid groups (broad SMARTS) is 1. The zero-order valence-electron chi connectivity index (χ0n) is 22.4. The second-order valence-electron chi connectivity index (χ2n) is 9.74. The highest BCUT2D eigenvalue weighted by atomic mass is 16.4. The Bertz CT molecular complexity index is 863. The van der Waals surface area contributed by atoms with Crippen molar-refractivity contribution in [1.29, 1.82) is 0 Å². The first kappa shape index (κ1) is 31.1. The van der Waals surface area contributed by atoms with Crippen molar-refractivity contribution in [3.8, 4) is 0 Å². The molecular formula is C27H44N4O5. The Labute approximate surface area is 215 Å². The topological polar surface area (TPSA) is 151 Å². The summed E-state index contributed by atoms with van der Waals surface area (Å²) in [6, 6.07) is 5.47. The number of rotatable bonds is 15. The van der Waals surface area contributed by atoms with E-state index in [4.69, 9.17) is 5.73 Å². The third-order valence-corrected chi connectivity index (χ3v) is 7.05. The third kappa shape index (κ3) is 9.26. The number of nitrogens with one attached hydrogen (secondary N) is 3. The molecular weight excluding hydrogens is 460 g/mol. The normalized spacial score (nSPS) is 17.0. The molecule has 0 aliphatic rings. The van der Waals surface area contributed by atoms with Crippen LogP contribution in [0.3, 0.4) is 0 Å². The summed E-state index contributed by atoms with van der Waals surface area (Å²) in [5, 5.41) is 17.7. The molecule has 0 heterocycles. The maximum atomic E-state index is 13.4. The highest BCUT2D eigenvalue weighted by Crippen LogP contribution is 2.14. The van der Waals surface area contributed by atoms with Gasteiger partial charge in [-0.15, -0.1) is 0 Å². The van der Waals surface area contributed by atoms with Crippen LogP contribution in [0.15, 0.2) is 30.3 Å². The van der Waals surface area contributed by atoms with E-state index in [0.29, 0.717) is 19.3 Å². The van der Waals surface area contributed by atoms with Crippen LogP contribution < -0.4 is 21.7 Å². The number of hydrogen-bond acceptors (Lipinski definition) is 5. The molecule has 0 fully saturated rings. The standard InChI is InChI=1S/C27H44N4O5/c1-7-16(4)21(28)25(33)29-20(15-19-13-11-10-12-14-19)24(32)30-22(17(5)8-2)26(34)31-23(27(35)36)18(6)9-3/h10-14,16-18,20-23H,7-9,15,28H2,1-6H3,(H,29,33)(H,30,32)(H,31,34)(H,35,36). The van der Waals surface area contributed by atoms with Gasteiger partial charge in [0.05, 0.1) is 6.04 Å². The zero-order chi connectivity index (χ0) is 27.4. The summed E-state index contributed by atoms with van der Waals surface area (Å²) in [4.78, 5) is 51.1. The van der Waals surface area contributed by atoms with Crippen LogP contribution in [0.25, 0.3) is 0 Å². The van der Waals surface area contributed by atoms with E-state index in [9.17, 15) is 24.3 Å². The molecule has 0 saturated heterocycles. The van der Waals surface area contributed by atoms with E-state index in [-0.39, 0.29) is 24.2 Å². The predicted octanol–water partition coefficient (Wildman–Crippen LogP) is 2.23. The fraction of sp³-hybridized carbons (Fsp3) is 0.630. The lowest BCUT2D eigenvalue weighted by Gasteiger charge is -2.29. The molecule has 1 aromatic carbocycles. The van der Waals surface area contributed by atoms with Crippen LogP contribution in [0, 0.1) is 17.8 Å². The molecule has 0 spiro atoms. The fourth-order valence-electron chi connectivity index (χ4n) is 3.72. The van der Waals surface area contributed by atoms with Crippen molar-refractivity contribution in [3.05, 3.63) is 35.9 Å². The Morgan fingerprint density at radius 1 is 0.750 bits per heavy atom. The summed E-state index contributed by atoms with van der Waals surface area (Å²) in [6.45, 7) is 11.1. The molecule has 9 nitrogen and oxygen atoms in total. The van der Waals surface area contributed by atoms with Gasteiger partial charge in [-0.3, -0.25) is 14.4 Å². The lowest BCUT2D eigenvalue weighted by molar-refractivity contribution is -0.144. The van der Waals surface area contributed by atoms with Crippen molar-refractivity contribution < 1.29 is 24.3 Å². The molecule has 0 aliphatic carbocycles. The maximum Gasteiger partial charge on any atom is 0.326 e. The van der Waals surface area contributed by atoms with Gasteiger partial charge in [-0.2, -0.15) is 0 Å². The average Bonchev–Trinajstić information content (AvgIpc) is 2.87. The van der Waals surface area contributed by atoms with Crippen LogP contribution in [-0.4, -0.2) is 53.0 Å². The Balaban J connectivity index is 3.17. The third-order valence-electron chi connectivity index (χ3n) is 7.05. The number of amides is 3. The van der Waals surface area contributed by atoms with E-state index < -0.39 is 47.9 Å². The highest BCUT2D eigenvalue weighted by molar-refractivity contribution is 5.94. The minimum Gasteiger partial charge on any atom is -0.480 e. The minimum atomic E-state index is -1.12. The van der Waals surface area contributed by atoms with Gasteiger partial charge >= 0.3 is 5.97 Å². The lowest BCUT2D eigenvalue weighted by atomic mass is 9.94. The Hall–Kier alpha value is -2.94. The second-order valence-corrected chi connectivity index (χ2v) is 9.74. The van der Waals surface area contributed by atoms with Gasteiger partial charge in [-0.25, -0.2) is 4.79 Å². The molecule has 1 rings (SSSR count). The predicted molar refractivity (Wildman–Crippen MR) is 140 cm³/mol. The van der Waals surface area contributed by atoms with Gasteiger partial charge in [0.1, 0.15) is 18.1 Å². The van der Waals surface area contributed by atoms with Crippen LogP contribution in [0.1, 0.15) is 66.4 Å². The van der Waals surface area contributed by atoms with E-state index >= 15 is 0 Å². The van der Waals surface area contributed by atoms with Crippen LogP contribution in [0.4, 0.5) is 0 Å². The summed E-state index contributed by atoms with van der Waals surface area (Å²) >= 11 is 0. The lowest BCUT2D eigenvalue weighted by Crippen LogP contribution is -2.60. The molecule has 9 heteroatoms. The van der Waals surface area contributed by atoms with Gasteiger partial charge in [0.2, 0.25) is 17.7 Å². The summed E-state index contributed by atoms with van der Waals surface area (Å²) in [7, 11) is 0. The van der Waals surface area contributed by atoms with Crippen LogP contribution in [0.5, 0.6) is 0 Å². The largest absolute Gasteiger partial charge is 0.480 e. The molecule has 3 amide bonds. The first-order valence-electron chi connectivity index (χ1n) is 12.9. The molecule has 7 unspecified atom stereocenters. The van der Waals surface area contributed by atoms with Gasteiger partial charge in [0.15, 0.2) is 0 Å². The molecule has 0 aliphatic heterocycles. The van der Waals surface area contributed by atoms with Gasteiger partial charge < -0.3 is 26.8 Å². The number of nitrogens with two attached hydrogens (primary N) is 1. The van der Waals surface area contributed by atoms with Crippen LogP contribution in [0.2, 0.25) is 0 Å². The SMILES string of the molecule is CCC(C)C(N)C(=O)NC(Cc1ccccc1)C(=O)NC(C(=O)NC(C(=O)O)C(C)CC)C(C)CC. The number of aliphatic carboxylic acids is 1. The van der Waals surface area contributed by atoms with Crippen LogP contribution >= 0.6 is 0 Å². The molecule has 202 valence electrons. The van der Waals surface area contributed by atoms with E-state index in [1.165, 1.54) is 0 Å². The molecule has 0 aromatic heterocycles. The van der Waals surface area contributed by atoms with Crippen LogP contribution in [-0.2, 0) is 25.6 Å². The van der Waals surface area contributed by atoms with Crippen molar-refractivity contribution in [2.24, 2.45) is 23.5 Å². The average molecular weight is 505 g/mol. The van der Waals surface area contributed by atoms with Crippen molar-refractivity contribution >= 4 is 23.7 Å². The monoisotopic (exact) mass is 504 g/mol. The van der Waals surface area contributed by atoms with Crippen molar-refractivity contribution in [1.82, 2.24) is 16.0 Å². The molecule has 0 radical (unpaired) electrons. The molecule has 6 N–H and O–H groups in total. The first-order valence-corrected chi connectivity index (χ1v) is 12.9. The second kappa shape index (κ2) is 15.2. The molecule has 36 heavy (non-hydrogen) atoms. The smallest absolute Gasteiger partial charge is 0.326 e. The number of carboxylic acids is 1. The molecule has 0 bridgehead atoms. The van der Waals surface area contributed by atoms with Crippen molar-refractivity contribution in [2.75, 3.05) is 0 Å². The zero-order valence-corrected chi connectivity index (χ0v) is 22.4. The molecule has 0 saturated carbocycles. The number of hydrogen-bond donors (Lipinski definition) is 5. The molecule has 7 atom stereocenters. The number of carbonyl (C=O) groups is 4. The Morgan fingerprint density at radius 2 is 1.25 bits per heavy atom. The summed E-state index contributed by atoms with van der Waals surface area (Å²) in [6.07, 6.45) is 2.07. The van der Waals surface area contributed by atoms with E-state index in [0.717, 1.165) is 5.56 Å². The van der Waals surface area contributed by atoms with Gasteiger partial charge in [0, 0.05) is 6.42 Å². The summed E-state index contributed by atoms with van der Waals surface area (Å²) in [5.74, 6) is -3.28. The van der Waals surface area contributed by atoms with Gasteiger partial charge in [-0.05, 0) is 23.3 Å². The van der Waals surface area contributed by atoms with Crippen molar-refractivity contribution in [2.45, 2.75) is 91.4 Å². The van der Waals surface area contributed by atoms with Crippen molar-refractivity contribution in [3.63, 3.8) is 0 Å². The number of carbonyl (C=O) groups excluding carboxylic acids is 3. The van der Waals surface area contributed by atoms with Gasteiger partial charge in [0.25, 0.3) is 0 Å². The number of benzene rings is 1. The summed E-state index contributed by atoms with van der Waals surface area (Å²) < 4.78 is 0. The fourth-order valence-corrected chi connectivity index (χ4v) is 3.72. The summed E-state index contributed by atoms with van der Waals surface area (Å²) in [5.41, 5.74) is 6.93. The minimum absolute atomic E-state index is 0.0717. The maximum absolute atomic E-state index is 13.4. The Morgan fingerprint density at radius 3 is 1.75 bits per heavy atom.